The van der Waals surface area contributed by atoms with E-state index in [1.54, 1.807) is 0 Å². The number of thiocarbonyl (C=S) groups is 1. The molecule has 0 amide bonds. The Morgan fingerprint density at radius 1 is 0.833 bits per heavy atom. The van der Waals surface area contributed by atoms with Crippen LogP contribution >= 0.6 is 23.8 Å². The average molecular weight is 369 g/mol. The van der Waals surface area contributed by atoms with Crippen molar-refractivity contribution < 1.29 is 0 Å². The summed E-state index contributed by atoms with van der Waals surface area (Å²) in [5.74, 6) is 0. The summed E-state index contributed by atoms with van der Waals surface area (Å²) in [6.07, 6.45) is 13.6. The lowest BCUT2D eigenvalue weighted by atomic mass is 10.1. The summed E-state index contributed by atoms with van der Waals surface area (Å²) in [7, 11) is 0. The van der Waals surface area contributed by atoms with E-state index in [-0.39, 0.29) is 0 Å². The first-order chi connectivity index (χ1) is 11.7. The Hall–Kier alpha value is -0.800. The predicted molar refractivity (Wildman–Crippen MR) is 111 cm³/mol. The molecule has 2 N–H and O–H groups in total. The first-order valence-electron chi connectivity index (χ1n) is 9.48. The fourth-order valence-corrected chi connectivity index (χ4v) is 2.96. The average Bonchev–Trinajstić information content (AvgIpc) is 2.59. The van der Waals surface area contributed by atoms with Crippen LogP contribution in [-0.2, 0) is 6.54 Å². The molecule has 0 aromatic heterocycles. The van der Waals surface area contributed by atoms with Crippen molar-refractivity contribution in [1.82, 2.24) is 10.6 Å². The van der Waals surface area contributed by atoms with Crippen molar-refractivity contribution >= 4 is 28.9 Å². The van der Waals surface area contributed by atoms with Gasteiger partial charge in [-0.25, -0.2) is 0 Å². The number of hydrogen-bond acceptors (Lipinski definition) is 1. The molecule has 1 aromatic carbocycles. The quantitative estimate of drug-likeness (QED) is 0.319. The highest BCUT2D eigenvalue weighted by atomic mass is 35.5. The Bertz CT molecular complexity index is 434. The second-order valence-electron chi connectivity index (χ2n) is 6.42. The summed E-state index contributed by atoms with van der Waals surface area (Å²) in [4.78, 5) is 0. The Labute approximate surface area is 158 Å². The lowest BCUT2D eigenvalue weighted by Crippen LogP contribution is -2.35. The standard InChI is InChI=1S/C20H33ClN2S/c1-2-3-4-5-6-7-8-9-10-11-16-22-20(24)23-17-18-12-14-19(21)15-13-18/h12-15H,2-11,16-17H2,1H3,(H2,22,23,24). The van der Waals surface area contributed by atoms with E-state index in [9.17, 15) is 0 Å². The summed E-state index contributed by atoms with van der Waals surface area (Å²) >= 11 is 11.2. The summed E-state index contributed by atoms with van der Waals surface area (Å²) in [5.41, 5.74) is 1.18. The van der Waals surface area contributed by atoms with Crippen molar-refractivity contribution in [3.8, 4) is 0 Å². The van der Waals surface area contributed by atoms with Crippen LogP contribution in [0.4, 0.5) is 0 Å². The number of halogens is 1. The molecule has 0 saturated heterocycles. The van der Waals surface area contributed by atoms with E-state index in [4.69, 9.17) is 23.8 Å². The van der Waals surface area contributed by atoms with E-state index in [0.29, 0.717) is 0 Å². The molecule has 0 aliphatic carbocycles. The van der Waals surface area contributed by atoms with Crippen LogP contribution < -0.4 is 10.6 Å². The molecule has 0 spiro atoms. The minimum atomic E-state index is 0.737. The molecular formula is C20H33ClN2S. The van der Waals surface area contributed by atoms with Crippen molar-refractivity contribution in [2.45, 2.75) is 77.7 Å². The zero-order chi connectivity index (χ0) is 17.5. The van der Waals surface area contributed by atoms with Crippen molar-refractivity contribution in [2.75, 3.05) is 6.54 Å². The van der Waals surface area contributed by atoms with Crippen LogP contribution in [0.15, 0.2) is 24.3 Å². The van der Waals surface area contributed by atoms with Crippen LogP contribution in [0.2, 0.25) is 5.02 Å². The second kappa shape index (κ2) is 14.5. The van der Waals surface area contributed by atoms with Gasteiger partial charge in [0.2, 0.25) is 0 Å². The van der Waals surface area contributed by atoms with Crippen LogP contribution in [0, 0.1) is 0 Å². The minimum Gasteiger partial charge on any atom is -0.363 e. The van der Waals surface area contributed by atoms with Gasteiger partial charge in [-0.05, 0) is 36.3 Å². The van der Waals surface area contributed by atoms with Gasteiger partial charge in [0.1, 0.15) is 0 Å². The summed E-state index contributed by atoms with van der Waals surface area (Å²) < 4.78 is 0. The Morgan fingerprint density at radius 2 is 1.38 bits per heavy atom. The highest BCUT2D eigenvalue weighted by Gasteiger charge is 1.97. The largest absolute Gasteiger partial charge is 0.363 e. The van der Waals surface area contributed by atoms with Gasteiger partial charge < -0.3 is 10.6 Å². The van der Waals surface area contributed by atoms with E-state index >= 15 is 0 Å². The molecule has 4 heteroatoms. The number of nitrogens with one attached hydrogen (secondary N) is 2. The van der Waals surface area contributed by atoms with Gasteiger partial charge in [-0.15, -0.1) is 0 Å². The predicted octanol–water partition coefficient (Wildman–Crippen LogP) is 6.23. The van der Waals surface area contributed by atoms with Crippen LogP contribution in [-0.4, -0.2) is 11.7 Å². The van der Waals surface area contributed by atoms with Gasteiger partial charge in [-0.3, -0.25) is 0 Å². The Kier molecular flexibility index (Phi) is 12.9. The fraction of sp³-hybridized carbons (Fsp3) is 0.650. The van der Waals surface area contributed by atoms with Gasteiger partial charge >= 0.3 is 0 Å². The lowest BCUT2D eigenvalue weighted by Gasteiger charge is -2.10. The lowest BCUT2D eigenvalue weighted by molar-refractivity contribution is 0.554. The molecule has 0 saturated carbocycles. The second-order valence-corrected chi connectivity index (χ2v) is 7.26. The van der Waals surface area contributed by atoms with Gasteiger partial charge in [-0.1, -0.05) is 88.4 Å². The first kappa shape index (κ1) is 21.2. The van der Waals surface area contributed by atoms with Crippen LogP contribution in [0.25, 0.3) is 0 Å². The first-order valence-corrected chi connectivity index (χ1v) is 10.3. The van der Waals surface area contributed by atoms with Crippen molar-refractivity contribution in [3.05, 3.63) is 34.9 Å². The molecule has 24 heavy (non-hydrogen) atoms. The van der Waals surface area contributed by atoms with Crippen molar-refractivity contribution in [1.29, 1.82) is 0 Å². The van der Waals surface area contributed by atoms with E-state index in [1.165, 1.54) is 69.8 Å². The molecule has 0 bridgehead atoms. The Balaban J connectivity index is 1.88. The van der Waals surface area contributed by atoms with Gasteiger partial charge in [0.05, 0.1) is 0 Å². The molecule has 0 unspecified atom stereocenters. The topological polar surface area (TPSA) is 24.1 Å². The van der Waals surface area contributed by atoms with Gasteiger partial charge in [0, 0.05) is 18.1 Å². The molecule has 136 valence electrons. The van der Waals surface area contributed by atoms with Gasteiger partial charge in [-0.2, -0.15) is 0 Å². The molecule has 0 radical (unpaired) electrons. The summed E-state index contributed by atoms with van der Waals surface area (Å²) in [6.45, 7) is 3.97. The highest BCUT2D eigenvalue weighted by molar-refractivity contribution is 7.80. The van der Waals surface area contributed by atoms with Crippen LogP contribution in [0.1, 0.15) is 76.7 Å². The number of unbranched alkanes of at least 4 members (excludes halogenated alkanes) is 9. The molecule has 1 rings (SSSR count). The smallest absolute Gasteiger partial charge is 0.166 e. The highest BCUT2D eigenvalue weighted by Crippen LogP contribution is 2.10. The number of benzene rings is 1. The van der Waals surface area contributed by atoms with Gasteiger partial charge in [0.15, 0.2) is 5.11 Å². The van der Waals surface area contributed by atoms with E-state index in [0.717, 1.165) is 23.2 Å². The minimum absolute atomic E-state index is 0.737. The number of rotatable bonds is 13. The SMILES string of the molecule is CCCCCCCCCCCCNC(=S)NCc1ccc(Cl)cc1. The van der Waals surface area contributed by atoms with Crippen molar-refractivity contribution in [3.63, 3.8) is 0 Å². The normalized spacial score (nSPS) is 10.6. The molecular weight excluding hydrogens is 336 g/mol. The monoisotopic (exact) mass is 368 g/mol. The Morgan fingerprint density at radius 3 is 1.96 bits per heavy atom. The maximum absolute atomic E-state index is 5.87. The maximum atomic E-state index is 5.87. The molecule has 2 nitrogen and oxygen atoms in total. The fourth-order valence-electron chi connectivity index (χ4n) is 2.66. The van der Waals surface area contributed by atoms with E-state index in [2.05, 4.69) is 17.6 Å². The molecule has 0 aliphatic heterocycles. The third-order valence-electron chi connectivity index (χ3n) is 4.18. The third-order valence-corrected chi connectivity index (χ3v) is 4.72. The molecule has 0 aliphatic rings. The third kappa shape index (κ3) is 11.7. The zero-order valence-electron chi connectivity index (χ0n) is 15.1. The number of hydrogen-bond donors (Lipinski definition) is 2. The van der Waals surface area contributed by atoms with Gasteiger partial charge in [0.25, 0.3) is 0 Å². The summed E-state index contributed by atoms with van der Waals surface area (Å²) in [6, 6.07) is 7.83. The molecule has 1 aromatic rings. The van der Waals surface area contributed by atoms with Crippen LogP contribution in [0.3, 0.4) is 0 Å². The van der Waals surface area contributed by atoms with E-state index < -0.39 is 0 Å². The zero-order valence-corrected chi connectivity index (χ0v) is 16.7. The summed E-state index contributed by atoms with van der Waals surface area (Å²) in [5, 5.41) is 8.02. The van der Waals surface area contributed by atoms with Crippen LogP contribution in [0.5, 0.6) is 0 Å². The van der Waals surface area contributed by atoms with Crippen molar-refractivity contribution in [2.24, 2.45) is 0 Å². The maximum Gasteiger partial charge on any atom is 0.166 e. The molecule has 0 atom stereocenters. The van der Waals surface area contributed by atoms with E-state index in [1.807, 2.05) is 24.3 Å². The molecule has 0 fully saturated rings. The molecule has 0 heterocycles.